The van der Waals surface area contributed by atoms with Crippen LogP contribution in [0, 0.1) is 11.8 Å². The minimum atomic E-state index is -1.58. The highest BCUT2D eigenvalue weighted by Crippen LogP contribution is 2.28. The van der Waals surface area contributed by atoms with E-state index < -0.39 is 17.5 Å². The summed E-state index contributed by atoms with van der Waals surface area (Å²) >= 11 is 0. The standard InChI is InChI=1S/C23H18N6O4/c1-33-16-4-3-15-12-29(20(30)17(15)10-16)13-23(21(31)26-22(32)27-23)8-6-14-2-5-18(24-11-14)19-7-9-25-28-19/h2-5,7,9-11H,12-13H2,1H3,(H,25,28)(H2,26,27,31,32)/t23-/m1/s1. The van der Waals surface area contributed by atoms with Crippen LogP contribution in [0.3, 0.4) is 0 Å². The molecule has 2 aliphatic rings. The maximum atomic E-state index is 13.0. The highest BCUT2D eigenvalue weighted by Gasteiger charge is 2.48. The Hall–Kier alpha value is -4.65. The third-order valence-electron chi connectivity index (χ3n) is 5.53. The number of methoxy groups -OCH3 is 1. The molecule has 0 radical (unpaired) electrons. The molecule has 0 bridgehead atoms. The number of imide groups is 1. The van der Waals surface area contributed by atoms with Gasteiger partial charge in [-0.3, -0.25) is 25.0 Å². The quantitative estimate of drug-likeness (QED) is 0.409. The highest BCUT2D eigenvalue weighted by atomic mass is 16.5. The number of hydrogen-bond donors (Lipinski definition) is 3. The molecule has 33 heavy (non-hydrogen) atoms. The van der Waals surface area contributed by atoms with Gasteiger partial charge in [0.2, 0.25) is 5.54 Å². The molecule has 10 nitrogen and oxygen atoms in total. The molecule has 0 unspecified atom stereocenters. The van der Waals surface area contributed by atoms with Crippen molar-refractivity contribution in [1.82, 2.24) is 30.7 Å². The zero-order valence-electron chi connectivity index (χ0n) is 17.5. The minimum absolute atomic E-state index is 0.104. The van der Waals surface area contributed by atoms with Crippen LogP contribution in [0.1, 0.15) is 21.5 Å². The summed E-state index contributed by atoms with van der Waals surface area (Å²) in [5.41, 5.74) is 1.73. The van der Waals surface area contributed by atoms with Crippen LogP contribution in [-0.2, 0) is 11.3 Å². The van der Waals surface area contributed by atoms with Gasteiger partial charge >= 0.3 is 6.03 Å². The second-order valence-electron chi connectivity index (χ2n) is 7.65. The lowest BCUT2D eigenvalue weighted by Crippen LogP contribution is -2.54. The van der Waals surface area contributed by atoms with Crippen molar-refractivity contribution in [3.8, 4) is 29.0 Å². The molecule has 5 rings (SSSR count). The fraction of sp³-hybridized carbons (Fsp3) is 0.174. The summed E-state index contributed by atoms with van der Waals surface area (Å²) < 4.78 is 5.20. The van der Waals surface area contributed by atoms with Crippen LogP contribution in [0.4, 0.5) is 4.79 Å². The molecule has 4 heterocycles. The van der Waals surface area contributed by atoms with Gasteiger partial charge in [-0.05, 0) is 35.9 Å². The van der Waals surface area contributed by atoms with E-state index in [1.807, 2.05) is 6.07 Å². The molecule has 0 aliphatic carbocycles. The number of nitrogens with one attached hydrogen (secondary N) is 3. The predicted octanol–water partition coefficient (Wildman–Crippen LogP) is 1.07. The monoisotopic (exact) mass is 442 g/mol. The van der Waals surface area contributed by atoms with Crippen LogP contribution in [0.25, 0.3) is 11.4 Å². The fourth-order valence-corrected chi connectivity index (χ4v) is 3.82. The molecular weight excluding hydrogens is 424 g/mol. The van der Waals surface area contributed by atoms with Crippen molar-refractivity contribution in [1.29, 1.82) is 0 Å². The maximum absolute atomic E-state index is 13.0. The Morgan fingerprint density at radius 1 is 1.18 bits per heavy atom. The molecule has 164 valence electrons. The van der Waals surface area contributed by atoms with E-state index >= 15 is 0 Å². The summed E-state index contributed by atoms with van der Waals surface area (Å²) in [5.74, 6) is 5.48. The lowest BCUT2D eigenvalue weighted by atomic mass is 9.99. The van der Waals surface area contributed by atoms with Gasteiger partial charge in [0, 0.05) is 30.1 Å². The van der Waals surface area contributed by atoms with E-state index in [9.17, 15) is 14.4 Å². The van der Waals surface area contributed by atoms with E-state index in [0.29, 0.717) is 29.1 Å². The van der Waals surface area contributed by atoms with Gasteiger partial charge in [-0.15, -0.1) is 0 Å². The summed E-state index contributed by atoms with van der Waals surface area (Å²) in [7, 11) is 1.53. The summed E-state index contributed by atoms with van der Waals surface area (Å²) in [6.07, 6.45) is 3.19. The van der Waals surface area contributed by atoms with E-state index in [4.69, 9.17) is 4.74 Å². The molecule has 1 saturated heterocycles. The van der Waals surface area contributed by atoms with Gasteiger partial charge in [0.15, 0.2) is 0 Å². The second-order valence-corrected chi connectivity index (χ2v) is 7.65. The predicted molar refractivity (Wildman–Crippen MR) is 116 cm³/mol. The molecule has 0 saturated carbocycles. The van der Waals surface area contributed by atoms with Gasteiger partial charge in [0.1, 0.15) is 5.75 Å². The normalized spacial score (nSPS) is 18.9. The molecule has 2 aliphatic heterocycles. The van der Waals surface area contributed by atoms with Crippen molar-refractivity contribution in [3.05, 3.63) is 65.5 Å². The van der Waals surface area contributed by atoms with Gasteiger partial charge in [-0.2, -0.15) is 5.10 Å². The van der Waals surface area contributed by atoms with E-state index in [0.717, 1.165) is 11.3 Å². The first-order chi connectivity index (χ1) is 16.0. The Labute approximate surface area is 188 Å². The van der Waals surface area contributed by atoms with Crippen molar-refractivity contribution in [2.75, 3.05) is 13.7 Å². The number of benzene rings is 1. The number of fused-ring (bicyclic) bond motifs is 1. The average Bonchev–Trinajstić information content (AvgIpc) is 3.52. The van der Waals surface area contributed by atoms with Crippen molar-refractivity contribution in [3.63, 3.8) is 0 Å². The Balaban J connectivity index is 1.42. The van der Waals surface area contributed by atoms with E-state index in [1.165, 1.54) is 12.0 Å². The van der Waals surface area contributed by atoms with Crippen molar-refractivity contribution in [2.45, 2.75) is 12.1 Å². The SMILES string of the molecule is COc1ccc2c(c1)C(=O)N(C[C@@]1(C#Cc3ccc(-c4ccn[nH]4)nc3)NC(=O)NC1=O)C2. The molecule has 4 amide bonds. The second kappa shape index (κ2) is 7.80. The van der Waals surface area contributed by atoms with Crippen molar-refractivity contribution in [2.24, 2.45) is 0 Å². The zero-order valence-corrected chi connectivity index (χ0v) is 17.5. The molecule has 0 spiro atoms. The van der Waals surface area contributed by atoms with Crippen molar-refractivity contribution >= 4 is 17.8 Å². The summed E-state index contributed by atoms with van der Waals surface area (Å²) in [4.78, 5) is 43.5. The molecule has 3 aromatic rings. The Morgan fingerprint density at radius 3 is 2.73 bits per heavy atom. The number of hydrogen-bond acceptors (Lipinski definition) is 6. The summed E-state index contributed by atoms with van der Waals surface area (Å²) in [6, 6.07) is 9.90. The van der Waals surface area contributed by atoms with Crippen LogP contribution >= 0.6 is 0 Å². The number of amides is 4. The maximum Gasteiger partial charge on any atom is 0.323 e. The van der Waals surface area contributed by atoms with Gasteiger partial charge < -0.3 is 15.0 Å². The number of ether oxygens (including phenoxy) is 1. The van der Waals surface area contributed by atoms with E-state index in [2.05, 4.69) is 37.7 Å². The van der Waals surface area contributed by atoms with Crippen LogP contribution in [-0.4, -0.2) is 57.1 Å². The lowest BCUT2D eigenvalue weighted by molar-refractivity contribution is -0.122. The number of H-pyrrole nitrogens is 1. The number of rotatable bonds is 4. The average molecular weight is 442 g/mol. The number of aromatic amines is 1. The molecule has 2 aromatic heterocycles. The minimum Gasteiger partial charge on any atom is -0.497 e. The van der Waals surface area contributed by atoms with Gasteiger partial charge in [0.25, 0.3) is 11.8 Å². The largest absolute Gasteiger partial charge is 0.497 e. The number of pyridine rings is 1. The Bertz CT molecular complexity index is 1320. The van der Waals surface area contributed by atoms with Gasteiger partial charge in [0.05, 0.1) is 25.0 Å². The van der Waals surface area contributed by atoms with E-state index in [-0.39, 0.29) is 12.5 Å². The highest BCUT2D eigenvalue weighted by molar-refractivity contribution is 6.10. The summed E-state index contributed by atoms with van der Waals surface area (Å²) in [5, 5.41) is 11.5. The molecule has 1 aromatic carbocycles. The van der Waals surface area contributed by atoms with Gasteiger partial charge in [-0.25, -0.2) is 4.79 Å². The molecular formula is C23H18N6O4. The van der Waals surface area contributed by atoms with Crippen LogP contribution in [0.5, 0.6) is 5.75 Å². The fourth-order valence-electron chi connectivity index (χ4n) is 3.82. The first-order valence-electron chi connectivity index (χ1n) is 10.1. The first kappa shape index (κ1) is 20.3. The first-order valence-corrected chi connectivity index (χ1v) is 10.1. The molecule has 1 atom stereocenters. The van der Waals surface area contributed by atoms with E-state index in [1.54, 1.807) is 42.7 Å². The third kappa shape index (κ3) is 3.65. The third-order valence-corrected chi connectivity index (χ3v) is 5.53. The Kier molecular flexibility index (Phi) is 4.79. The topological polar surface area (TPSA) is 129 Å². The lowest BCUT2D eigenvalue weighted by Gasteiger charge is -2.26. The van der Waals surface area contributed by atoms with Crippen LogP contribution in [0.2, 0.25) is 0 Å². The number of aromatic nitrogens is 3. The molecule has 10 heteroatoms. The number of nitrogens with zero attached hydrogens (tertiary/aromatic N) is 3. The molecule has 3 N–H and O–H groups in total. The number of urea groups is 1. The zero-order chi connectivity index (χ0) is 23.0. The van der Waals surface area contributed by atoms with Crippen LogP contribution in [0.15, 0.2) is 48.8 Å². The summed E-state index contributed by atoms with van der Waals surface area (Å²) in [6.45, 7) is 0.193. The smallest absolute Gasteiger partial charge is 0.323 e. The number of carbonyl (C=O) groups is 3. The molecule has 1 fully saturated rings. The van der Waals surface area contributed by atoms with Crippen LogP contribution < -0.4 is 15.4 Å². The van der Waals surface area contributed by atoms with Gasteiger partial charge in [-0.1, -0.05) is 17.9 Å². The Morgan fingerprint density at radius 2 is 2.06 bits per heavy atom. The number of carbonyl (C=O) groups excluding carboxylic acids is 3. The van der Waals surface area contributed by atoms with Crippen molar-refractivity contribution < 1.29 is 19.1 Å².